The molecule has 0 radical (unpaired) electrons. The Balaban J connectivity index is 1.51. The minimum atomic E-state index is 0.102. The first kappa shape index (κ1) is 16.6. The van der Waals surface area contributed by atoms with Gasteiger partial charge in [0.15, 0.2) is 0 Å². The summed E-state index contributed by atoms with van der Waals surface area (Å²) in [5.74, 6) is 0.102. The lowest BCUT2D eigenvalue weighted by Gasteiger charge is -2.35. The van der Waals surface area contributed by atoms with Crippen LogP contribution in [0, 0.1) is 6.92 Å². The maximum atomic E-state index is 13.1. The summed E-state index contributed by atoms with van der Waals surface area (Å²) in [5, 5.41) is 8.61. The molecule has 0 bridgehead atoms. The first-order valence-corrected chi connectivity index (χ1v) is 9.11. The molecule has 4 rings (SSSR count). The molecule has 1 aromatic carbocycles. The molecule has 1 aliphatic rings. The van der Waals surface area contributed by atoms with Gasteiger partial charge in [0.25, 0.3) is 5.91 Å². The zero-order chi connectivity index (χ0) is 17.9. The third-order valence-electron chi connectivity index (χ3n) is 4.94. The lowest BCUT2D eigenvalue weighted by atomic mass is 10.0. The topological polar surface area (TPSA) is 56.0 Å². The maximum Gasteiger partial charge on any atom is 0.254 e. The van der Waals surface area contributed by atoms with Gasteiger partial charge in [-0.15, -0.1) is 0 Å². The van der Waals surface area contributed by atoms with Crippen LogP contribution in [-0.2, 0) is 6.54 Å². The number of carbonyl (C=O) groups excluding carboxylic acids is 1. The van der Waals surface area contributed by atoms with Crippen molar-refractivity contribution >= 4 is 5.91 Å². The van der Waals surface area contributed by atoms with E-state index in [1.165, 1.54) is 0 Å². The molecule has 1 saturated heterocycles. The Hall–Kier alpha value is -2.89. The molecule has 0 aliphatic carbocycles. The van der Waals surface area contributed by atoms with E-state index in [4.69, 9.17) is 0 Å². The molecule has 3 aromatic rings. The van der Waals surface area contributed by atoms with E-state index in [9.17, 15) is 4.79 Å². The number of carbonyl (C=O) groups is 1. The van der Waals surface area contributed by atoms with Gasteiger partial charge in [-0.25, -0.2) is 4.68 Å². The zero-order valence-electron chi connectivity index (χ0n) is 15.0. The van der Waals surface area contributed by atoms with Crippen LogP contribution >= 0.6 is 0 Å². The van der Waals surface area contributed by atoms with Crippen LogP contribution < -0.4 is 0 Å². The van der Waals surface area contributed by atoms with Crippen LogP contribution in [0.3, 0.4) is 0 Å². The standard InChI is InChI=1S/C20H23N5O/c1-16-13-22-25(14-16)18-8-6-17(7-9-18)20(26)24-12-3-2-5-19(24)15-23-11-4-10-21-23/h4,6-11,13-14,19H,2-3,5,12,15H2,1H3/t19-/m1/s1. The van der Waals surface area contributed by atoms with E-state index in [0.717, 1.165) is 49.2 Å². The largest absolute Gasteiger partial charge is 0.334 e. The predicted octanol–water partition coefficient (Wildman–Crippen LogP) is 3.07. The molecule has 26 heavy (non-hydrogen) atoms. The van der Waals surface area contributed by atoms with Crippen LogP contribution in [0.2, 0.25) is 0 Å². The molecular formula is C20H23N5O. The Labute approximate surface area is 153 Å². The minimum absolute atomic E-state index is 0.102. The van der Waals surface area contributed by atoms with Gasteiger partial charge in [-0.05, 0) is 62.1 Å². The van der Waals surface area contributed by atoms with Crippen LogP contribution in [0.1, 0.15) is 35.2 Å². The molecule has 1 fully saturated rings. The number of rotatable bonds is 4. The molecule has 1 atom stereocenters. The number of nitrogens with zero attached hydrogens (tertiary/aromatic N) is 5. The van der Waals surface area contributed by atoms with Gasteiger partial charge in [-0.2, -0.15) is 10.2 Å². The van der Waals surface area contributed by atoms with Crippen molar-refractivity contribution < 1.29 is 4.79 Å². The molecule has 0 spiro atoms. The molecule has 6 nitrogen and oxygen atoms in total. The van der Waals surface area contributed by atoms with E-state index in [-0.39, 0.29) is 11.9 Å². The van der Waals surface area contributed by atoms with Crippen LogP contribution in [0.25, 0.3) is 5.69 Å². The highest BCUT2D eigenvalue weighted by Gasteiger charge is 2.27. The van der Waals surface area contributed by atoms with Crippen LogP contribution in [0.15, 0.2) is 55.1 Å². The van der Waals surface area contributed by atoms with E-state index in [1.807, 2.05) is 70.1 Å². The van der Waals surface area contributed by atoms with Crippen LogP contribution in [-0.4, -0.2) is 43.0 Å². The summed E-state index contributed by atoms with van der Waals surface area (Å²) >= 11 is 0. The first-order chi connectivity index (χ1) is 12.7. The second-order valence-corrected chi connectivity index (χ2v) is 6.89. The number of aryl methyl sites for hydroxylation is 1. The average Bonchev–Trinajstić information content (AvgIpc) is 3.34. The summed E-state index contributed by atoms with van der Waals surface area (Å²) in [5.41, 5.74) is 2.80. The van der Waals surface area contributed by atoms with Crippen molar-refractivity contribution in [1.29, 1.82) is 0 Å². The summed E-state index contributed by atoms with van der Waals surface area (Å²) in [6, 6.07) is 9.82. The predicted molar refractivity (Wildman–Crippen MR) is 99.2 cm³/mol. The Morgan fingerprint density at radius 3 is 2.73 bits per heavy atom. The van der Waals surface area contributed by atoms with Gasteiger partial charge in [0.05, 0.1) is 24.5 Å². The summed E-state index contributed by atoms with van der Waals surface area (Å²) in [7, 11) is 0. The molecule has 6 heteroatoms. The van der Waals surface area contributed by atoms with Gasteiger partial charge in [0.1, 0.15) is 0 Å². The van der Waals surface area contributed by atoms with Crippen LogP contribution in [0.5, 0.6) is 0 Å². The number of piperidine rings is 1. The Bertz CT molecular complexity index is 866. The molecule has 3 heterocycles. The van der Waals surface area contributed by atoms with Crippen molar-refractivity contribution in [1.82, 2.24) is 24.5 Å². The Morgan fingerprint density at radius 1 is 1.19 bits per heavy atom. The maximum absolute atomic E-state index is 13.1. The molecule has 2 aromatic heterocycles. The first-order valence-electron chi connectivity index (χ1n) is 9.11. The quantitative estimate of drug-likeness (QED) is 0.727. The number of hydrogen-bond donors (Lipinski definition) is 0. The number of hydrogen-bond acceptors (Lipinski definition) is 3. The fourth-order valence-corrected chi connectivity index (χ4v) is 3.56. The molecule has 0 unspecified atom stereocenters. The van der Waals surface area contributed by atoms with E-state index < -0.39 is 0 Å². The van der Waals surface area contributed by atoms with Crippen molar-refractivity contribution in [3.05, 3.63) is 66.2 Å². The van der Waals surface area contributed by atoms with Crippen molar-refractivity contribution in [3.8, 4) is 5.69 Å². The highest BCUT2D eigenvalue weighted by atomic mass is 16.2. The Morgan fingerprint density at radius 2 is 2.04 bits per heavy atom. The van der Waals surface area contributed by atoms with E-state index >= 15 is 0 Å². The number of benzene rings is 1. The van der Waals surface area contributed by atoms with Gasteiger partial charge in [0.2, 0.25) is 0 Å². The van der Waals surface area contributed by atoms with Gasteiger partial charge >= 0.3 is 0 Å². The van der Waals surface area contributed by atoms with Crippen molar-refractivity contribution in [2.75, 3.05) is 6.54 Å². The summed E-state index contributed by atoms with van der Waals surface area (Å²) in [6.07, 6.45) is 10.8. The van der Waals surface area contributed by atoms with Gasteiger partial charge in [-0.3, -0.25) is 9.48 Å². The lowest BCUT2D eigenvalue weighted by Crippen LogP contribution is -2.45. The summed E-state index contributed by atoms with van der Waals surface area (Å²) in [4.78, 5) is 15.1. The molecule has 1 amide bonds. The highest BCUT2D eigenvalue weighted by molar-refractivity contribution is 5.94. The fraction of sp³-hybridized carbons (Fsp3) is 0.350. The minimum Gasteiger partial charge on any atom is -0.334 e. The van der Waals surface area contributed by atoms with Crippen molar-refractivity contribution in [2.45, 2.75) is 38.8 Å². The molecule has 0 saturated carbocycles. The monoisotopic (exact) mass is 349 g/mol. The van der Waals surface area contributed by atoms with Gasteiger partial charge < -0.3 is 4.90 Å². The third kappa shape index (κ3) is 3.40. The van der Waals surface area contributed by atoms with Crippen molar-refractivity contribution in [2.24, 2.45) is 0 Å². The summed E-state index contributed by atoms with van der Waals surface area (Å²) in [6.45, 7) is 3.58. The fourth-order valence-electron chi connectivity index (χ4n) is 3.56. The highest BCUT2D eigenvalue weighted by Crippen LogP contribution is 2.21. The number of aromatic nitrogens is 4. The molecule has 0 N–H and O–H groups in total. The van der Waals surface area contributed by atoms with Gasteiger partial charge in [0, 0.05) is 30.7 Å². The van der Waals surface area contributed by atoms with Gasteiger partial charge in [-0.1, -0.05) is 0 Å². The third-order valence-corrected chi connectivity index (χ3v) is 4.94. The smallest absolute Gasteiger partial charge is 0.254 e. The van der Waals surface area contributed by atoms with E-state index in [1.54, 1.807) is 6.20 Å². The SMILES string of the molecule is Cc1cnn(-c2ccc(C(=O)N3CCCC[C@@H]3Cn3cccn3)cc2)c1. The second-order valence-electron chi connectivity index (χ2n) is 6.89. The second kappa shape index (κ2) is 7.15. The number of amides is 1. The normalized spacial score (nSPS) is 17.4. The molecule has 1 aliphatic heterocycles. The average molecular weight is 349 g/mol. The van der Waals surface area contributed by atoms with Crippen molar-refractivity contribution in [3.63, 3.8) is 0 Å². The van der Waals surface area contributed by atoms with Crippen LogP contribution in [0.4, 0.5) is 0 Å². The Kier molecular flexibility index (Phi) is 4.56. The number of likely N-dealkylation sites (tertiary alicyclic amines) is 1. The molecular weight excluding hydrogens is 326 g/mol. The lowest BCUT2D eigenvalue weighted by molar-refractivity contribution is 0.0584. The van der Waals surface area contributed by atoms with E-state index in [2.05, 4.69) is 10.2 Å². The zero-order valence-corrected chi connectivity index (χ0v) is 15.0. The summed E-state index contributed by atoms with van der Waals surface area (Å²) < 4.78 is 3.74. The van der Waals surface area contributed by atoms with E-state index in [0.29, 0.717) is 0 Å². The molecule has 134 valence electrons.